The molecule has 7 heteroatoms. The summed E-state index contributed by atoms with van der Waals surface area (Å²) in [5, 5.41) is 6.72. The first-order valence-corrected chi connectivity index (χ1v) is 10.9. The molecule has 0 bridgehead atoms. The lowest BCUT2D eigenvalue weighted by Gasteiger charge is -2.34. The van der Waals surface area contributed by atoms with Crippen LogP contribution in [0.4, 0.5) is 0 Å². The van der Waals surface area contributed by atoms with Crippen LogP contribution in [0.1, 0.15) is 31.1 Å². The highest BCUT2D eigenvalue weighted by Crippen LogP contribution is 2.09. The largest absolute Gasteiger partial charge is 0.467 e. The molecule has 0 aliphatic carbocycles. The Hall–Kier alpha value is -1.58. The van der Waals surface area contributed by atoms with E-state index in [4.69, 9.17) is 4.42 Å². The van der Waals surface area contributed by atoms with Crippen LogP contribution in [0.15, 0.2) is 58.1 Å². The molecule has 0 saturated carbocycles. The fourth-order valence-corrected chi connectivity index (χ4v) is 3.58. The molecule has 1 aromatic carbocycles. The van der Waals surface area contributed by atoms with Crippen LogP contribution in [0.25, 0.3) is 0 Å². The molecule has 1 saturated heterocycles. The van der Waals surface area contributed by atoms with Gasteiger partial charge in [-0.25, -0.2) is 4.99 Å². The summed E-state index contributed by atoms with van der Waals surface area (Å²) < 4.78 is 5.34. The number of halogens is 1. The molecule has 1 aliphatic heterocycles. The molecule has 0 unspecified atom stereocenters. The number of nitrogens with zero attached hydrogens (tertiary/aromatic N) is 3. The van der Waals surface area contributed by atoms with Crippen LogP contribution in [0, 0.1) is 0 Å². The summed E-state index contributed by atoms with van der Waals surface area (Å²) in [5.41, 5.74) is 1.41. The maximum atomic E-state index is 5.34. The van der Waals surface area contributed by atoms with Crippen molar-refractivity contribution in [2.45, 2.75) is 32.9 Å². The standard InChI is InChI=1S/C23H35N5O.HI/c1-2-24-23(26-19-22-11-8-18-29-22)25-12-6-7-13-27-14-16-28(17-15-27)20-21-9-4-3-5-10-21;/h3-5,8-11,18H,2,6-7,12-17,19-20H2,1H3,(H2,24,25,26);1H. The molecule has 2 aromatic rings. The third kappa shape index (κ3) is 9.06. The van der Waals surface area contributed by atoms with E-state index in [1.165, 1.54) is 31.6 Å². The predicted octanol–water partition coefficient (Wildman–Crippen LogP) is 3.55. The van der Waals surface area contributed by atoms with E-state index in [9.17, 15) is 0 Å². The van der Waals surface area contributed by atoms with Gasteiger partial charge in [0.15, 0.2) is 5.96 Å². The summed E-state index contributed by atoms with van der Waals surface area (Å²) >= 11 is 0. The van der Waals surface area contributed by atoms with E-state index >= 15 is 0 Å². The van der Waals surface area contributed by atoms with Crippen molar-refractivity contribution in [3.05, 3.63) is 60.1 Å². The van der Waals surface area contributed by atoms with Gasteiger partial charge in [0.1, 0.15) is 12.3 Å². The molecule has 6 nitrogen and oxygen atoms in total. The highest BCUT2D eigenvalue weighted by Gasteiger charge is 2.16. The maximum absolute atomic E-state index is 5.34. The van der Waals surface area contributed by atoms with Gasteiger partial charge in [0, 0.05) is 45.8 Å². The molecule has 0 spiro atoms. The minimum absolute atomic E-state index is 0. The maximum Gasteiger partial charge on any atom is 0.191 e. The number of benzene rings is 1. The van der Waals surface area contributed by atoms with Gasteiger partial charge in [-0.05, 0) is 44.0 Å². The average molecular weight is 525 g/mol. The molecule has 2 heterocycles. The highest BCUT2D eigenvalue weighted by molar-refractivity contribution is 14.0. The molecular formula is C23H36IN5O. The van der Waals surface area contributed by atoms with Crippen LogP contribution in [-0.2, 0) is 13.1 Å². The van der Waals surface area contributed by atoms with E-state index in [-0.39, 0.29) is 24.0 Å². The lowest BCUT2D eigenvalue weighted by molar-refractivity contribution is 0.126. The Morgan fingerprint density at radius 1 is 0.967 bits per heavy atom. The number of hydrogen-bond acceptors (Lipinski definition) is 4. The Morgan fingerprint density at radius 3 is 2.43 bits per heavy atom. The normalized spacial score (nSPS) is 15.6. The average Bonchev–Trinajstić information content (AvgIpc) is 3.27. The zero-order chi connectivity index (χ0) is 20.2. The first-order valence-electron chi connectivity index (χ1n) is 10.9. The fraction of sp³-hybridized carbons (Fsp3) is 0.522. The number of guanidine groups is 1. The quantitative estimate of drug-likeness (QED) is 0.215. The number of furan rings is 1. The molecular weight excluding hydrogens is 489 g/mol. The third-order valence-corrected chi connectivity index (χ3v) is 5.22. The molecule has 1 aliphatic rings. The highest BCUT2D eigenvalue weighted by atomic mass is 127. The number of rotatable bonds is 10. The number of hydrogen-bond donors (Lipinski definition) is 2. The van der Waals surface area contributed by atoms with Crippen molar-refractivity contribution in [2.75, 3.05) is 45.8 Å². The van der Waals surface area contributed by atoms with E-state index < -0.39 is 0 Å². The van der Waals surface area contributed by atoms with E-state index in [0.717, 1.165) is 50.9 Å². The lowest BCUT2D eigenvalue weighted by Crippen LogP contribution is -2.46. The van der Waals surface area contributed by atoms with E-state index in [1.54, 1.807) is 6.26 Å². The van der Waals surface area contributed by atoms with Crippen LogP contribution < -0.4 is 10.6 Å². The fourth-order valence-electron chi connectivity index (χ4n) is 3.58. The molecule has 2 N–H and O–H groups in total. The SMILES string of the molecule is CCNC(=NCc1ccco1)NCCCCN1CCN(Cc2ccccc2)CC1.I. The first kappa shape index (κ1) is 24.7. The van der Waals surface area contributed by atoms with Gasteiger partial charge in [-0.2, -0.15) is 0 Å². The second kappa shape index (κ2) is 14.4. The van der Waals surface area contributed by atoms with Gasteiger partial charge in [0.25, 0.3) is 0 Å². The van der Waals surface area contributed by atoms with Gasteiger partial charge < -0.3 is 20.0 Å². The second-order valence-electron chi connectivity index (χ2n) is 7.51. The van der Waals surface area contributed by atoms with Crippen molar-refractivity contribution in [1.82, 2.24) is 20.4 Å². The van der Waals surface area contributed by atoms with Gasteiger partial charge in [-0.15, -0.1) is 24.0 Å². The Labute approximate surface area is 198 Å². The molecule has 0 atom stereocenters. The molecule has 1 fully saturated rings. The van der Waals surface area contributed by atoms with Crippen molar-refractivity contribution in [2.24, 2.45) is 4.99 Å². The topological polar surface area (TPSA) is 56.0 Å². The van der Waals surface area contributed by atoms with Crippen molar-refractivity contribution in [3.8, 4) is 0 Å². The van der Waals surface area contributed by atoms with Gasteiger partial charge >= 0.3 is 0 Å². The Bertz CT molecular complexity index is 700. The van der Waals surface area contributed by atoms with Crippen molar-refractivity contribution in [1.29, 1.82) is 0 Å². The summed E-state index contributed by atoms with van der Waals surface area (Å²) in [7, 11) is 0. The molecule has 30 heavy (non-hydrogen) atoms. The van der Waals surface area contributed by atoms with Gasteiger partial charge in [0.2, 0.25) is 0 Å². The van der Waals surface area contributed by atoms with Crippen molar-refractivity contribution in [3.63, 3.8) is 0 Å². The predicted molar refractivity (Wildman–Crippen MR) is 134 cm³/mol. The minimum atomic E-state index is 0. The van der Waals surface area contributed by atoms with Gasteiger partial charge in [-0.1, -0.05) is 30.3 Å². The summed E-state index contributed by atoms with van der Waals surface area (Å²) in [5.74, 6) is 1.74. The Morgan fingerprint density at radius 2 is 1.73 bits per heavy atom. The summed E-state index contributed by atoms with van der Waals surface area (Å²) in [6.07, 6.45) is 4.05. The van der Waals surface area contributed by atoms with Crippen molar-refractivity contribution < 1.29 is 4.42 Å². The molecule has 1 aromatic heterocycles. The first-order chi connectivity index (χ1) is 14.3. The zero-order valence-electron chi connectivity index (χ0n) is 18.1. The lowest BCUT2D eigenvalue weighted by atomic mass is 10.2. The number of unbranched alkanes of at least 4 members (excludes halogenated alkanes) is 1. The summed E-state index contributed by atoms with van der Waals surface area (Å²) in [4.78, 5) is 9.73. The monoisotopic (exact) mass is 525 g/mol. The third-order valence-electron chi connectivity index (χ3n) is 5.22. The molecule has 0 radical (unpaired) electrons. The smallest absolute Gasteiger partial charge is 0.191 e. The van der Waals surface area contributed by atoms with Gasteiger partial charge in [0.05, 0.1) is 6.26 Å². The van der Waals surface area contributed by atoms with Crippen molar-refractivity contribution >= 4 is 29.9 Å². The molecule has 3 rings (SSSR count). The van der Waals surface area contributed by atoms with Crippen LogP contribution in [0.5, 0.6) is 0 Å². The second-order valence-corrected chi connectivity index (χ2v) is 7.51. The molecule has 166 valence electrons. The molecule has 0 amide bonds. The van der Waals surface area contributed by atoms with Crippen LogP contribution >= 0.6 is 24.0 Å². The van der Waals surface area contributed by atoms with Crippen LogP contribution in [-0.4, -0.2) is 61.6 Å². The Balaban J connectivity index is 0.00000320. The Kier molecular flexibility index (Phi) is 11.9. The van der Waals surface area contributed by atoms with Gasteiger partial charge in [-0.3, -0.25) is 4.90 Å². The van der Waals surface area contributed by atoms with E-state index in [0.29, 0.717) is 6.54 Å². The minimum Gasteiger partial charge on any atom is -0.467 e. The number of aliphatic imine (C=N–C) groups is 1. The van der Waals surface area contributed by atoms with Crippen LogP contribution in [0.2, 0.25) is 0 Å². The summed E-state index contributed by atoms with van der Waals surface area (Å²) in [6, 6.07) is 14.6. The summed E-state index contributed by atoms with van der Waals surface area (Å²) in [6.45, 7) is 11.4. The number of piperazine rings is 1. The van der Waals surface area contributed by atoms with E-state index in [2.05, 4.69) is 62.7 Å². The number of nitrogens with one attached hydrogen (secondary N) is 2. The zero-order valence-corrected chi connectivity index (χ0v) is 20.4. The van der Waals surface area contributed by atoms with Crippen LogP contribution in [0.3, 0.4) is 0 Å². The van der Waals surface area contributed by atoms with E-state index in [1.807, 2.05) is 12.1 Å².